The molecule has 2 aromatic carbocycles. The van der Waals surface area contributed by atoms with Crippen LogP contribution in [0.5, 0.6) is 5.75 Å². The van der Waals surface area contributed by atoms with E-state index in [1.807, 2.05) is 89.5 Å². The van der Waals surface area contributed by atoms with Crippen LogP contribution in [0.4, 0.5) is 0 Å². The Hall–Kier alpha value is -3.33. The lowest BCUT2D eigenvalue weighted by Gasteiger charge is -2.07. The number of carbonyl (C=O) groups excluding carboxylic acids is 1. The summed E-state index contributed by atoms with van der Waals surface area (Å²) >= 11 is 0. The highest BCUT2D eigenvalue weighted by molar-refractivity contribution is 5.89. The molecule has 0 fully saturated rings. The highest BCUT2D eigenvalue weighted by Gasteiger charge is 2.12. The summed E-state index contributed by atoms with van der Waals surface area (Å²) in [6, 6.07) is 25.9. The van der Waals surface area contributed by atoms with Gasteiger partial charge in [0.15, 0.2) is 6.29 Å². The van der Waals surface area contributed by atoms with E-state index in [1.165, 1.54) is 0 Å². The molecule has 0 aliphatic rings. The van der Waals surface area contributed by atoms with Crippen LogP contribution < -0.4 is 4.74 Å². The quantitative estimate of drug-likeness (QED) is 0.483. The van der Waals surface area contributed by atoms with E-state index in [0.717, 1.165) is 34.2 Å². The van der Waals surface area contributed by atoms with Crippen molar-refractivity contribution >= 4 is 11.8 Å². The molecule has 4 aromatic rings. The average molecular weight is 327 g/mol. The number of fused-ring (bicyclic) bond motifs is 1. The van der Waals surface area contributed by atoms with Gasteiger partial charge in [-0.1, -0.05) is 60.7 Å². The molecule has 0 N–H and O–H groups in total. The third-order valence-corrected chi connectivity index (χ3v) is 4.23. The van der Waals surface area contributed by atoms with E-state index in [0.29, 0.717) is 12.3 Å². The molecule has 2 heterocycles. The third-order valence-electron chi connectivity index (χ3n) is 4.23. The van der Waals surface area contributed by atoms with Crippen molar-refractivity contribution in [3.8, 4) is 16.9 Å². The van der Waals surface area contributed by atoms with Gasteiger partial charge in [-0.15, -0.1) is 0 Å². The van der Waals surface area contributed by atoms with Crippen molar-refractivity contribution in [3.05, 3.63) is 96.3 Å². The molecular formula is C22H17NO2. The zero-order valence-electron chi connectivity index (χ0n) is 13.6. The Bertz CT molecular complexity index is 1000. The maximum absolute atomic E-state index is 11.7. The summed E-state index contributed by atoms with van der Waals surface area (Å²) in [4.78, 5) is 11.7. The van der Waals surface area contributed by atoms with Crippen LogP contribution in [-0.2, 0) is 6.61 Å². The van der Waals surface area contributed by atoms with E-state index in [4.69, 9.17) is 4.74 Å². The van der Waals surface area contributed by atoms with E-state index < -0.39 is 0 Å². The first kappa shape index (κ1) is 15.2. The number of hydrogen-bond donors (Lipinski definition) is 0. The highest BCUT2D eigenvalue weighted by Crippen LogP contribution is 2.28. The lowest BCUT2D eigenvalue weighted by atomic mass is 10.1. The second-order valence-corrected chi connectivity index (χ2v) is 5.86. The zero-order chi connectivity index (χ0) is 17.1. The predicted molar refractivity (Wildman–Crippen MR) is 99.0 cm³/mol. The monoisotopic (exact) mass is 327 g/mol. The molecule has 0 amide bonds. The largest absolute Gasteiger partial charge is 0.487 e. The fourth-order valence-corrected chi connectivity index (χ4v) is 2.97. The summed E-state index contributed by atoms with van der Waals surface area (Å²) in [5.74, 6) is 0.731. The molecule has 2 aromatic heterocycles. The number of aldehydes is 1. The smallest absolute Gasteiger partial charge is 0.167 e. The zero-order valence-corrected chi connectivity index (χ0v) is 13.6. The normalized spacial score (nSPS) is 10.7. The van der Waals surface area contributed by atoms with Gasteiger partial charge in [0.25, 0.3) is 0 Å². The Morgan fingerprint density at radius 1 is 0.880 bits per heavy atom. The molecule has 0 aliphatic heterocycles. The third kappa shape index (κ3) is 3.04. The molecule has 0 aliphatic carbocycles. The molecule has 0 unspecified atom stereocenters. The molecule has 0 radical (unpaired) electrons. The van der Waals surface area contributed by atoms with E-state index in [9.17, 15) is 4.79 Å². The Morgan fingerprint density at radius 3 is 2.32 bits per heavy atom. The first-order valence-electron chi connectivity index (χ1n) is 8.17. The van der Waals surface area contributed by atoms with Gasteiger partial charge in [-0.2, -0.15) is 0 Å². The van der Waals surface area contributed by atoms with E-state index in [1.54, 1.807) is 0 Å². The van der Waals surface area contributed by atoms with Gasteiger partial charge >= 0.3 is 0 Å². The van der Waals surface area contributed by atoms with Gasteiger partial charge in [0.2, 0.25) is 0 Å². The first-order chi connectivity index (χ1) is 12.3. The fourth-order valence-electron chi connectivity index (χ4n) is 2.97. The minimum Gasteiger partial charge on any atom is -0.487 e. The van der Waals surface area contributed by atoms with Crippen LogP contribution in [0.3, 0.4) is 0 Å². The molecule has 25 heavy (non-hydrogen) atoms. The molecule has 3 nitrogen and oxygen atoms in total. The molecule has 4 rings (SSSR count). The van der Waals surface area contributed by atoms with Gasteiger partial charge in [0, 0.05) is 11.1 Å². The van der Waals surface area contributed by atoms with Crippen molar-refractivity contribution in [1.29, 1.82) is 0 Å². The number of ether oxygens (including phenoxy) is 1. The first-order valence-corrected chi connectivity index (χ1v) is 8.17. The van der Waals surface area contributed by atoms with Crippen LogP contribution in [-0.4, -0.2) is 10.7 Å². The molecular weight excluding hydrogens is 310 g/mol. The van der Waals surface area contributed by atoms with Crippen molar-refractivity contribution in [1.82, 2.24) is 4.40 Å². The van der Waals surface area contributed by atoms with Gasteiger partial charge in [0.05, 0.1) is 11.9 Å². The lowest BCUT2D eigenvalue weighted by Crippen LogP contribution is -1.98. The second kappa shape index (κ2) is 6.65. The van der Waals surface area contributed by atoms with E-state index in [-0.39, 0.29) is 0 Å². The number of pyridine rings is 1. The topological polar surface area (TPSA) is 30.7 Å². The SMILES string of the molecule is O=Cc1c(-c2ccccc2)cc2ccc(OCc3ccccc3)cn12. The molecule has 0 atom stereocenters. The number of hydrogen-bond acceptors (Lipinski definition) is 2. The summed E-state index contributed by atoms with van der Waals surface area (Å²) in [6.07, 6.45) is 2.77. The highest BCUT2D eigenvalue weighted by atomic mass is 16.5. The van der Waals surface area contributed by atoms with Gasteiger partial charge in [-0.05, 0) is 29.3 Å². The molecule has 0 saturated heterocycles. The van der Waals surface area contributed by atoms with Crippen LogP contribution in [0.1, 0.15) is 16.1 Å². The van der Waals surface area contributed by atoms with Crippen LogP contribution in [0.25, 0.3) is 16.6 Å². The number of benzene rings is 2. The Kier molecular flexibility index (Phi) is 4.05. The maximum Gasteiger partial charge on any atom is 0.167 e. The Labute approximate surface area is 146 Å². The number of aromatic nitrogens is 1. The standard InChI is InChI=1S/C22H17NO2/c24-15-22-21(18-9-5-2-6-10-18)13-19-11-12-20(14-23(19)22)25-16-17-7-3-1-4-8-17/h1-15H,16H2. The summed E-state index contributed by atoms with van der Waals surface area (Å²) < 4.78 is 7.76. The van der Waals surface area contributed by atoms with Crippen LogP contribution >= 0.6 is 0 Å². The minimum atomic E-state index is 0.496. The Balaban J connectivity index is 1.69. The van der Waals surface area contributed by atoms with Gasteiger partial charge < -0.3 is 9.14 Å². The van der Waals surface area contributed by atoms with Crippen molar-refractivity contribution in [2.24, 2.45) is 0 Å². The summed E-state index contributed by atoms with van der Waals surface area (Å²) in [5, 5.41) is 0. The van der Waals surface area contributed by atoms with Gasteiger partial charge in [0.1, 0.15) is 12.4 Å². The predicted octanol–water partition coefficient (Wildman–Crippen LogP) is 5.00. The Morgan fingerprint density at radius 2 is 1.60 bits per heavy atom. The number of carbonyl (C=O) groups is 1. The summed E-state index contributed by atoms with van der Waals surface area (Å²) in [5.41, 5.74) is 4.66. The maximum atomic E-state index is 11.7. The molecule has 0 spiro atoms. The lowest BCUT2D eigenvalue weighted by molar-refractivity contribution is 0.111. The van der Waals surface area contributed by atoms with Crippen molar-refractivity contribution in [2.75, 3.05) is 0 Å². The molecule has 0 bridgehead atoms. The minimum absolute atomic E-state index is 0.496. The van der Waals surface area contributed by atoms with Gasteiger partial charge in [-0.25, -0.2) is 0 Å². The average Bonchev–Trinajstić information content (AvgIpc) is 3.05. The molecule has 3 heteroatoms. The van der Waals surface area contributed by atoms with Crippen LogP contribution in [0, 0.1) is 0 Å². The fraction of sp³-hybridized carbons (Fsp3) is 0.0455. The van der Waals surface area contributed by atoms with Crippen molar-refractivity contribution in [2.45, 2.75) is 6.61 Å². The van der Waals surface area contributed by atoms with Crippen molar-refractivity contribution < 1.29 is 9.53 Å². The van der Waals surface area contributed by atoms with Crippen LogP contribution in [0.2, 0.25) is 0 Å². The number of nitrogens with zero attached hydrogens (tertiary/aromatic N) is 1. The molecule has 122 valence electrons. The molecule has 0 saturated carbocycles. The van der Waals surface area contributed by atoms with E-state index >= 15 is 0 Å². The second-order valence-electron chi connectivity index (χ2n) is 5.86. The summed E-state index contributed by atoms with van der Waals surface area (Å²) in [7, 11) is 0. The van der Waals surface area contributed by atoms with E-state index in [2.05, 4.69) is 0 Å². The van der Waals surface area contributed by atoms with Gasteiger partial charge in [-0.3, -0.25) is 4.79 Å². The number of rotatable bonds is 5. The summed E-state index contributed by atoms with van der Waals surface area (Å²) in [6.45, 7) is 0.496. The van der Waals surface area contributed by atoms with Crippen molar-refractivity contribution in [3.63, 3.8) is 0 Å². The van der Waals surface area contributed by atoms with Crippen LogP contribution in [0.15, 0.2) is 85.1 Å².